The Bertz CT molecular complexity index is 2030. The normalized spacial score (nSPS) is 24.2. The van der Waals surface area contributed by atoms with E-state index in [0.29, 0.717) is 5.56 Å². The Hall–Kier alpha value is -6.40. The smallest absolute Gasteiger partial charge is 0.245 e. The maximum Gasteiger partial charge on any atom is 0.245 e. The molecule has 1 fully saturated rings. The highest BCUT2D eigenvalue weighted by Crippen LogP contribution is 2.11. The highest BCUT2D eigenvalue weighted by Gasteiger charge is 2.37. The molecule has 28 nitrogen and oxygen atoms in total. The van der Waals surface area contributed by atoms with E-state index in [1.165, 1.54) is 6.92 Å². The molecule has 1 aliphatic heterocycles. The summed E-state index contributed by atoms with van der Waals surface area (Å²) in [4.78, 5) is 138. The lowest BCUT2D eigenvalue weighted by atomic mass is 10.00. The molecule has 0 radical (unpaired) electrons. The Morgan fingerprint density at radius 2 is 1.11 bits per heavy atom. The Morgan fingerprint density at radius 1 is 0.622 bits per heavy atom. The predicted octanol–water partition coefficient (Wildman–Crippen LogP) is -8.37. The first-order valence-corrected chi connectivity index (χ1v) is 24.6. The minimum Gasteiger partial charge on any atom is -0.394 e. The van der Waals surface area contributed by atoms with Gasteiger partial charge in [0.25, 0.3) is 0 Å². The van der Waals surface area contributed by atoms with Crippen LogP contribution in [0.25, 0.3) is 0 Å². The summed E-state index contributed by atoms with van der Waals surface area (Å²) < 4.78 is 0. The SMILES string of the molecule is CC(C)C[C@@H]1NC(=O)[C@@H](Cc2ccccc2)NC(=O)[C@H](CCN)NC(=O)[C@@H](NC(=O)[C@H](CCN)NC(=O)[C@@H](NC(=O)[C@@H](N)CO)[C@@H](C)O)CCNC(=O)[C@H]([C@@H](C)O)NC(=O)[C@H](CCN)NC(=O)[C@H](CCN)NC1=O. The fourth-order valence-electron chi connectivity index (χ4n) is 7.53. The highest BCUT2D eigenvalue weighted by molar-refractivity contribution is 5.99. The molecule has 0 unspecified atom stereocenters. The molecule has 2 rings (SSSR count). The quantitative estimate of drug-likeness (QED) is 0.0544. The number of carbonyl (C=O) groups excluding carboxylic acids is 10. The zero-order valence-electron chi connectivity index (χ0n) is 42.4. The van der Waals surface area contributed by atoms with Crippen LogP contribution in [0.15, 0.2) is 30.3 Å². The molecule has 1 aromatic rings. The van der Waals surface area contributed by atoms with Crippen molar-refractivity contribution in [2.75, 3.05) is 39.3 Å². The molecule has 12 atom stereocenters. The third-order valence-electron chi connectivity index (χ3n) is 11.6. The van der Waals surface area contributed by atoms with Crippen molar-refractivity contribution in [3.63, 3.8) is 0 Å². The van der Waals surface area contributed by atoms with Crippen LogP contribution in [0.3, 0.4) is 0 Å². The van der Waals surface area contributed by atoms with E-state index in [1.807, 2.05) is 0 Å². The van der Waals surface area contributed by atoms with E-state index < -0.39 is 151 Å². The minimum atomic E-state index is -1.69. The van der Waals surface area contributed by atoms with E-state index in [2.05, 4.69) is 53.2 Å². The molecule has 1 aliphatic rings. The average Bonchev–Trinajstić information content (AvgIpc) is 3.34. The molecule has 23 N–H and O–H groups in total. The number of carbonyl (C=O) groups is 10. The number of hydrogen-bond acceptors (Lipinski definition) is 18. The van der Waals surface area contributed by atoms with E-state index in [0.717, 1.165) is 6.92 Å². The lowest BCUT2D eigenvalue weighted by Gasteiger charge is -2.28. The molecule has 1 aromatic carbocycles. The van der Waals surface area contributed by atoms with Crippen LogP contribution in [-0.2, 0) is 54.4 Å². The third-order valence-corrected chi connectivity index (χ3v) is 11.6. The van der Waals surface area contributed by atoms with Crippen LogP contribution < -0.4 is 81.8 Å². The maximum absolute atomic E-state index is 14.3. The number of amides is 10. The summed E-state index contributed by atoms with van der Waals surface area (Å²) in [6.07, 6.45) is -4.42. The third kappa shape index (κ3) is 21.2. The first-order valence-electron chi connectivity index (χ1n) is 24.6. The summed E-state index contributed by atoms with van der Waals surface area (Å²) in [5.41, 5.74) is 29.5. The molecular formula is C46H79N15O13. The molecule has 1 saturated heterocycles. The lowest BCUT2D eigenvalue weighted by Crippen LogP contribution is -2.62. The van der Waals surface area contributed by atoms with Gasteiger partial charge in [0.2, 0.25) is 59.1 Å². The molecule has 0 aliphatic carbocycles. The molecule has 10 amide bonds. The fourth-order valence-corrected chi connectivity index (χ4v) is 7.53. The van der Waals surface area contributed by atoms with Crippen LogP contribution in [0, 0.1) is 5.92 Å². The average molecular weight is 1050 g/mol. The van der Waals surface area contributed by atoms with Crippen LogP contribution in [0.5, 0.6) is 0 Å². The summed E-state index contributed by atoms with van der Waals surface area (Å²) in [5.74, 6) is -9.70. The maximum atomic E-state index is 14.3. The van der Waals surface area contributed by atoms with Crippen molar-refractivity contribution >= 4 is 59.1 Å². The van der Waals surface area contributed by atoms with E-state index in [9.17, 15) is 63.3 Å². The highest BCUT2D eigenvalue weighted by atomic mass is 16.3. The van der Waals surface area contributed by atoms with Crippen molar-refractivity contribution in [2.45, 2.75) is 145 Å². The zero-order chi connectivity index (χ0) is 55.7. The van der Waals surface area contributed by atoms with Gasteiger partial charge in [-0.15, -0.1) is 0 Å². The van der Waals surface area contributed by atoms with Gasteiger partial charge in [0.05, 0.1) is 18.8 Å². The number of aliphatic hydroxyl groups excluding tert-OH is 3. The monoisotopic (exact) mass is 1050 g/mol. The molecule has 0 bridgehead atoms. The van der Waals surface area contributed by atoms with E-state index in [-0.39, 0.29) is 70.6 Å². The van der Waals surface area contributed by atoms with E-state index >= 15 is 0 Å². The van der Waals surface area contributed by atoms with Crippen molar-refractivity contribution in [3.8, 4) is 0 Å². The Morgan fingerprint density at radius 3 is 1.59 bits per heavy atom. The lowest BCUT2D eigenvalue weighted by molar-refractivity contribution is -0.136. The predicted molar refractivity (Wildman–Crippen MR) is 268 cm³/mol. The first-order chi connectivity index (χ1) is 35.0. The molecule has 0 saturated carbocycles. The van der Waals surface area contributed by atoms with Crippen LogP contribution >= 0.6 is 0 Å². The molecule has 28 heteroatoms. The molecule has 74 heavy (non-hydrogen) atoms. The van der Waals surface area contributed by atoms with Crippen molar-refractivity contribution in [3.05, 3.63) is 35.9 Å². The van der Waals surface area contributed by atoms with Crippen molar-refractivity contribution in [2.24, 2.45) is 34.6 Å². The Kier molecular flexibility index (Phi) is 28.2. The van der Waals surface area contributed by atoms with Gasteiger partial charge in [-0.2, -0.15) is 0 Å². The largest absolute Gasteiger partial charge is 0.394 e. The minimum absolute atomic E-state index is 0.0490. The summed E-state index contributed by atoms with van der Waals surface area (Å²) >= 11 is 0. The standard InChI is InChI=1S/C46H79N15O13/c1-23(2)20-33-43(71)55-28(10-15-47)38(66)54-31(13-18-50)42(70)61-35(24(3)63)45(73)52-19-14-32(56-39(67)30(12-17-49)57-46(74)36(25(4)64)60-37(65)27(51)22-62)41(69)53-29(11-16-48)40(68)59-34(44(72)58-33)21-26-8-6-5-7-9-26/h5-9,23-25,27-36,62-64H,10-22,47-51H2,1-4H3,(H,52,73)(H,53,69)(H,54,66)(H,55,71)(H,56,67)(H,57,74)(H,58,72)(H,59,68)(H,60,65)(H,61,70)/t24-,25-,27+,28+,29+,30+,31+,32+,33+,34-,35+,36+/m1/s1. The van der Waals surface area contributed by atoms with E-state index in [4.69, 9.17) is 28.7 Å². The number of aliphatic hydroxyl groups is 3. The van der Waals surface area contributed by atoms with Gasteiger partial charge in [-0.05, 0) is 90.0 Å². The first kappa shape index (κ1) is 63.7. The zero-order valence-corrected chi connectivity index (χ0v) is 42.4. The molecule has 0 spiro atoms. The van der Waals surface area contributed by atoms with Crippen LogP contribution in [0.1, 0.15) is 71.8 Å². The summed E-state index contributed by atoms with van der Waals surface area (Å²) in [6.45, 7) is 4.01. The van der Waals surface area contributed by atoms with Crippen molar-refractivity contribution < 1.29 is 63.3 Å². The molecule has 416 valence electrons. The number of nitrogens with two attached hydrogens (primary N) is 5. The number of benzene rings is 1. The van der Waals surface area contributed by atoms with E-state index in [1.54, 1.807) is 44.2 Å². The van der Waals surface area contributed by atoms with Crippen LogP contribution in [-0.4, -0.2) is 186 Å². The second-order valence-electron chi connectivity index (χ2n) is 18.4. The van der Waals surface area contributed by atoms with Gasteiger partial charge < -0.3 is 97.2 Å². The second-order valence-corrected chi connectivity index (χ2v) is 18.4. The Labute approximate surface area is 429 Å². The number of hydrogen-bond donors (Lipinski definition) is 18. The Balaban J connectivity index is 2.75. The van der Waals surface area contributed by atoms with Gasteiger partial charge in [0.1, 0.15) is 60.4 Å². The van der Waals surface area contributed by atoms with Gasteiger partial charge in [-0.3, -0.25) is 47.9 Å². The van der Waals surface area contributed by atoms with Gasteiger partial charge in [0.15, 0.2) is 0 Å². The van der Waals surface area contributed by atoms with Gasteiger partial charge in [0, 0.05) is 13.0 Å². The summed E-state index contributed by atoms with van der Waals surface area (Å²) in [7, 11) is 0. The van der Waals surface area contributed by atoms with Crippen LogP contribution in [0.2, 0.25) is 0 Å². The topological polar surface area (TPSA) is 482 Å². The number of nitrogens with one attached hydrogen (secondary N) is 10. The second kappa shape index (κ2) is 32.7. The molecular weight excluding hydrogens is 971 g/mol. The van der Waals surface area contributed by atoms with Gasteiger partial charge >= 0.3 is 0 Å². The van der Waals surface area contributed by atoms with Crippen molar-refractivity contribution in [1.82, 2.24) is 53.2 Å². The summed E-state index contributed by atoms with van der Waals surface area (Å²) in [6, 6.07) is -6.43. The van der Waals surface area contributed by atoms with Crippen molar-refractivity contribution in [1.29, 1.82) is 0 Å². The molecule has 0 aromatic heterocycles. The fraction of sp³-hybridized carbons (Fsp3) is 0.652. The summed E-state index contributed by atoms with van der Waals surface area (Å²) in [5, 5.41) is 55.3. The number of rotatable bonds is 21. The van der Waals surface area contributed by atoms with Gasteiger partial charge in [-0.25, -0.2) is 0 Å². The van der Waals surface area contributed by atoms with Crippen LogP contribution in [0.4, 0.5) is 0 Å². The molecule has 1 heterocycles. The van der Waals surface area contributed by atoms with Gasteiger partial charge in [-0.1, -0.05) is 44.2 Å².